The van der Waals surface area contributed by atoms with Crippen LogP contribution in [0.2, 0.25) is 0 Å². The van der Waals surface area contributed by atoms with Crippen LogP contribution in [0.5, 0.6) is 0 Å². The van der Waals surface area contributed by atoms with Crippen LogP contribution in [0.25, 0.3) is 10.2 Å². The van der Waals surface area contributed by atoms with E-state index in [-0.39, 0.29) is 6.10 Å². The molecule has 1 aromatic heterocycles. The fourth-order valence-corrected chi connectivity index (χ4v) is 3.19. The van der Waals surface area contributed by atoms with Crippen molar-refractivity contribution in [2.24, 2.45) is 0 Å². The summed E-state index contributed by atoms with van der Waals surface area (Å²) in [6, 6.07) is 6.05. The number of hydrogen-bond acceptors (Lipinski definition) is 5. The van der Waals surface area contributed by atoms with E-state index in [1.165, 1.54) is 4.70 Å². The second-order valence-corrected chi connectivity index (χ2v) is 5.28. The molecule has 1 atom stereocenters. The van der Waals surface area contributed by atoms with E-state index in [0.717, 1.165) is 35.1 Å². The van der Waals surface area contributed by atoms with Crippen LogP contribution < -0.4 is 5.32 Å². The lowest BCUT2D eigenvalue weighted by Crippen LogP contribution is -2.33. The summed E-state index contributed by atoms with van der Waals surface area (Å²) in [5, 5.41) is 4.36. The number of thiol groups is 1. The molecule has 0 bridgehead atoms. The third-order valence-electron chi connectivity index (χ3n) is 2.62. The molecule has 1 aliphatic heterocycles. The highest BCUT2D eigenvalue weighted by molar-refractivity contribution is 7.80. The second-order valence-electron chi connectivity index (χ2n) is 3.74. The molecule has 3 rings (SSSR count). The summed E-state index contributed by atoms with van der Waals surface area (Å²) in [5.74, 6) is 0. The molecule has 5 heteroatoms. The predicted molar refractivity (Wildman–Crippen MR) is 68.4 cm³/mol. The number of thiazole rings is 1. The van der Waals surface area contributed by atoms with E-state index in [1.807, 2.05) is 12.1 Å². The van der Waals surface area contributed by atoms with Crippen LogP contribution >= 0.6 is 24.0 Å². The molecule has 0 spiro atoms. The topological polar surface area (TPSA) is 34.1 Å². The molecule has 1 fully saturated rings. The Kier molecular flexibility index (Phi) is 2.85. The highest BCUT2D eigenvalue weighted by atomic mass is 32.1. The molecule has 1 N–H and O–H groups in total. The zero-order chi connectivity index (χ0) is 11.0. The largest absolute Gasteiger partial charge is 0.368 e. The minimum absolute atomic E-state index is 0.0962. The zero-order valence-electron chi connectivity index (χ0n) is 8.64. The van der Waals surface area contributed by atoms with Crippen molar-refractivity contribution in [1.29, 1.82) is 0 Å². The van der Waals surface area contributed by atoms with E-state index in [9.17, 15) is 0 Å². The summed E-state index contributed by atoms with van der Waals surface area (Å²) in [4.78, 5) is 5.55. The van der Waals surface area contributed by atoms with Gasteiger partial charge in [-0.1, -0.05) is 6.07 Å². The lowest BCUT2D eigenvalue weighted by atomic mass is 10.3. The number of para-hydroxylation sites is 1. The Morgan fingerprint density at radius 3 is 3.19 bits per heavy atom. The number of nitrogens with zero attached hydrogens (tertiary/aromatic N) is 1. The van der Waals surface area contributed by atoms with Crippen molar-refractivity contribution < 1.29 is 4.74 Å². The molecule has 16 heavy (non-hydrogen) atoms. The minimum Gasteiger partial charge on any atom is -0.368 e. The summed E-state index contributed by atoms with van der Waals surface area (Å²) >= 11 is 6.11. The normalized spacial score (nSPS) is 21.4. The van der Waals surface area contributed by atoms with Crippen molar-refractivity contribution in [1.82, 2.24) is 10.3 Å². The summed E-state index contributed by atoms with van der Waals surface area (Å²) in [5.41, 5.74) is 0.986. The van der Waals surface area contributed by atoms with Gasteiger partial charge in [0.25, 0.3) is 0 Å². The molecule has 1 aromatic carbocycles. The first-order valence-corrected chi connectivity index (χ1v) is 6.52. The second kappa shape index (κ2) is 4.33. The van der Waals surface area contributed by atoms with E-state index >= 15 is 0 Å². The third-order valence-corrected chi connectivity index (χ3v) is 4.09. The van der Waals surface area contributed by atoms with Gasteiger partial charge in [-0.3, -0.25) is 0 Å². The summed E-state index contributed by atoms with van der Waals surface area (Å²) in [6.45, 7) is 2.54. The lowest BCUT2D eigenvalue weighted by Gasteiger charge is -2.21. The number of nitrogens with one attached hydrogen (secondary N) is 1. The van der Waals surface area contributed by atoms with Crippen molar-refractivity contribution in [3.05, 3.63) is 23.2 Å². The maximum absolute atomic E-state index is 5.69. The maximum atomic E-state index is 5.69. The number of benzene rings is 1. The van der Waals surface area contributed by atoms with Gasteiger partial charge in [0.1, 0.15) is 11.1 Å². The quantitative estimate of drug-likeness (QED) is 0.764. The first-order valence-electron chi connectivity index (χ1n) is 5.25. The molecule has 2 aromatic rings. The standard InChI is InChI=1S/C11H12N2OS2/c15-8-2-1-3-9-10(8)13-11(16-9)7-6-12-4-5-14-7/h1-3,7,12,15H,4-6H2. The number of ether oxygens (including phenoxy) is 1. The van der Waals surface area contributed by atoms with Gasteiger partial charge in [0.05, 0.1) is 16.8 Å². The Morgan fingerprint density at radius 2 is 2.44 bits per heavy atom. The van der Waals surface area contributed by atoms with Gasteiger partial charge in [0.2, 0.25) is 0 Å². The summed E-state index contributed by atoms with van der Waals surface area (Å²) < 4.78 is 6.87. The number of aromatic nitrogens is 1. The van der Waals surface area contributed by atoms with E-state index in [1.54, 1.807) is 11.3 Å². The molecule has 1 unspecified atom stereocenters. The Labute approximate surface area is 103 Å². The third kappa shape index (κ3) is 1.84. The van der Waals surface area contributed by atoms with Crippen LogP contribution in [-0.2, 0) is 4.74 Å². The highest BCUT2D eigenvalue weighted by Gasteiger charge is 2.19. The number of morpholine rings is 1. The molecule has 0 amide bonds. The smallest absolute Gasteiger partial charge is 0.124 e. The van der Waals surface area contributed by atoms with E-state index < -0.39 is 0 Å². The van der Waals surface area contributed by atoms with Crippen LogP contribution in [0.3, 0.4) is 0 Å². The number of rotatable bonds is 1. The molecule has 1 saturated heterocycles. The van der Waals surface area contributed by atoms with Crippen molar-refractivity contribution in [3.63, 3.8) is 0 Å². The van der Waals surface area contributed by atoms with Gasteiger partial charge in [0, 0.05) is 18.0 Å². The lowest BCUT2D eigenvalue weighted by molar-refractivity contribution is 0.0277. The maximum Gasteiger partial charge on any atom is 0.124 e. The molecule has 84 valence electrons. The highest BCUT2D eigenvalue weighted by Crippen LogP contribution is 2.31. The van der Waals surface area contributed by atoms with Gasteiger partial charge in [-0.05, 0) is 12.1 Å². The minimum atomic E-state index is 0.0962. The van der Waals surface area contributed by atoms with Crippen molar-refractivity contribution in [2.45, 2.75) is 11.0 Å². The van der Waals surface area contributed by atoms with E-state index in [0.29, 0.717) is 0 Å². The van der Waals surface area contributed by atoms with Gasteiger partial charge in [-0.25, -0.2) is 4.98 Å². The van der Waals surface area contributed by atoms with Gasteiger partial charge in [-0.15, -0.1) is 24.0 Å². The number of hydrogen-bond donors (Lipinski definition) is 2. The first kappa shape index (κ1) is 10.5. The molecular formula is C11H12N2OS2. The van der Waals surface area contributed by atoms with Crippen LogP contribution in [0.15, 0.2) is 23.1 Å². The van der Waals surface area contributed by atoms with Crippen LogP contribution in [0.4, 0.5) is 0 Å². The molecule has 0 radical (unpaired) electrons. The van der Waals surface area contributed by atoms with Crippen LogP contribution in [0, 0.1) is 0 Å². The molecule has 0 saturated carbocycles. The van der Waals surface area contributed by atoms with Crippen LogP contribution in [-0.4, -0.2) is 24.7 Å². The molecule has 0 aliphatic carbocycles. The van der Waals surface area contributed by atoms with E-state index in [4.69, 9.17) is 4.74 Å². The van der Waals surface area contributed by atoms with Gasteiger partial charge in [-0.2, -0.15) is 0 Å². The predicted octanol–water partition coefficient (Wildman–Crippen LogP) is 2.25. The van der Waals surface area contributed by atoms with Crippen molar-refractivity contribution in [3.8, 4) is 0 Å². The molecule has 3 nitrogen and oxygen atoms in total. The van der Waals surface area contributed by atoms with Crippen molar-refractivity contribution in [2.75, 3.05) is 19.7 Å². The molecular weight excluding hydrogens is 240 g/mol. The SMILES string of the molecule is Sc1cccc2sc(C3CNCCO3)nc12. The fourth-order valence-electron chi connectivity index (χ4n) is 1.81. The molecule has 1 aliphatic rings. The van der Waals surface area contributed by atoms with Gasteiger partial charge < -0.3 is 10.1 Å². The Bertz CT molecular complexity index is 506. The average molecular weight is 252 g/mol. The Balaban J connectivity index is 2.01. The monoisotopic (exact) mass is 252 g/mol. The number of fused-ring (bicyclic) bond motifs is 1. The molecule has 2 heterocycles. The zero-order valence-corrected chi connectivity index (χ0v) is 10.4. The fraction of sp³-hybridized carbons (Fsp3) is 0.364. The van der Waals surface area contributed by atoms with Crippen LogP contribution in [0.1, 0.15) is 11.1 Å². The Morgan fingerprint density at radius 1 is 1.50 bits per heavy atom. The van der Waals surface area contributed by atoms with Crippen molar-refractivity contribution >= 4 is 34.2 Å². The van der Waals surface area contributed by atoms with Gasteiger partial charge in [0.15, 0.2) is 0 Å². The van der Waals surface area contributed by atoms with E-state index in [2.05, 4.69) is 29.0 Å². The summed E-state index contributed by atoms with van der Waals surface area (Å²) in [7, 11) is 0. The first-order chi connectivity index (χ1) is 7.84. The summed E-state index contributed by atoms with van der Waals surface area (Å²) in [6.07, 6.45) is 0.0962. The Hall–Kier alpha value is -0.620. The average Bonchev–Trinajstić information content (AvgIpc) is 2.76. The van der Waals surface area contributed by atoms with Gasteiger partial charge >= 0.3 is 0 Å².